The van der Waals surface area contributed by atoms with E-state index in [4.69, 9.17) is 11.6 Å². The summed E-state index contributed by atoms with van der Waals surface area (Å²) in [5, 5.41) is 14.2. The molecule has 0 saturated heterocycles. The van der Waals surface area contributed by atoms with Crippen molar-refractivity contribution in [1.82, 2.24) is 5.32 Å². The summed E-state index contributed by atoms with van der Waals surface area (Å²) in [6.45, 7) is 5.73. The number of hydrogen-bond donors (Lipinski definition) is 1. The first-order chi connectivity index (χ1) is 8.35. The molecule has 1 rings (SSSR count). The first-order valence-electron chi connectivity index (χ1n) is 5.54. The number of halogens is 1. The Morgan fingerprint density at radius 2 is 2.17 bits per heavy atom. The van der Waals surface area contributed by atoms with E-state index in [1.165, 1.54) is 6.07 Å². The van der Waals surface area contributed by atoms with E-state index in [0.717, 1.165) is 12.1 Å². The molecule has 0 bridgehead atoms. The van der Waals surface area contributed by atoms with Gasteiger partial charge in [-0.15, -0.1) is 0 Å². The van der Waals surface area contributed by atoms with Crippen LogP contribution in [-0.2, 0) is 6.54 Å². The first kappa shape index (κ1) is 15.3. The highest BCUT2D eigenvalue weighted by Gasteiger charge is 2.16. The summed E-state index contributed by atoms with van der Waals surface area (Å²) < 4.78 is 0.151. The Kier molecular flexibility index (Phi) is 5.44. The fourth-order valence-electron chi connectivity index (χ4n) is 1.39. The maximum Gasteiger partial charge on any atom is 0.288 e. The SMILES string of the molecule is CSC(C)(C)CNCc1ccc(Cl)c([N+](=O)[O-])c1. The Morgan fingerprint density at radius 1 is 1.50 bits per heavy atom. The van der Waals surface area contributed by atoms with Crippen molar-refractivity contribution in [3.8, 4) is 0 Å². The fourth-order valence-corrected chi connectivity index (χ4v) is 1.82. The van der Waals surface area contributed by atoms with E-state index < -0.39 is 4.92 Å². The molecule has 0 atom stereocenters. The average molecular weight is 289 g/mol. The van der Waals surface area contributed by atoms with Crippen LogP contribution < -0.4 is 5.32 Å². The summed E-state index contributed by atoms with van der Waals surface area (Å²) in [6, 6.07) is 4.88. The predicted octanol–water partition coefficient (Wildman–Crippen LogP) is 3.48. The number of nitrogens with one attached hydrogen (secondary N) is 1. The van der Waals surface area contributed by atoms with Gasteiger partial charge >= 0.3 is 0 Å². The van der Waals surface area contributed by atoms with E-state index >= 15 is 0 Å². The van der Waals surface area contributed by atoms with Crippen LogP contribution in [0.2, 0.25) is 5.02 Å². The van der Waals surface area contributed by atoms with Gasteiger partial charge in [0.05, 0.1) is 4.92 Å². The standard InChI is InChI=1S/C12H17ClN2O2S/c1-12(2,18-3)8-14-7-9-4-5-10(13)11(6-9)15(16)17/h4-6,14H,7-8H2,1-3H3. The lowest BCUT2D eigenvalue weighted by Gasteiger charge is -2.22. The van der Waals surface area contributed by atoms with Crippen molar-refractivity contribution >= 4 is 29.1 Å². The molecule has 1 aromatic rings. The highest BCUT2D eigenvalue weighted by atomic mass is 35.5. The number of nitro benzene ring substituents is 1. The summed E-state index contributed by atoms with van der Waals surface area (Å²) in [5.41, 5.74) is 0.822. The van der Waals surface area contributed by atoms with Gasteiger partial charge in [-0.2, -0.15) is 11.8 Å². The Labute approximate surface area is 116 Å². The number of benzene rings is 1. The number of nitrogens with zero attached hydrogens (tertiary/aromatic N) is 1. The molecule has 1 N–H and O–H groups in total. The van der Waals surface area contributed by atoms with Gasteiger partial charge < -0.3 is 5.32 Å². The molecule has 0 unspecified atom stereocenters. The van der Waals surface area contributed by atoms with Gasteiger partial charge in [-0.05, 0) is 31.7 Å². The molecule has 18 heavy (non-hydrogen) atoms. The van der Waals surface area contributed by atoms with Crippen molar-refractivity contribution in [2.75, 3.05) is 12.8 Å². The van der Waals surface area contributed by atoms with Crippen LogP contribution in [0.4, 0.5) is 5.69 Å². The molecule has 0 spiro atoms. The van der Waals surface area contributed by atoms with E-state index in [-0.39, 0.29) is 15.5 Å². The number of hydrogen-bond acceptors (Lipinski definition) is 4. The highest BCUT2D eigenvalue weighted by Crippen LogP contribution is 2.25. The summed E-state index contributed by atoms with van der Waals surface area (Å²) in [7, 11) is 0. The van der Waals surface area contributed by atoms with Crippen molar-refractivity contribution in [3.63, 3.8) is 0 Å². The third-order valence-corrected chi connectivity index (χ3v) is 4.21. The molecular weight excluding hydrogens is 272 g/mol. The maximum absolute atomic E-state index is 10.8. The summed E-state index contributed by atoms with van der Waals surface area (Å²) in [5.74, 6) is 0. The minimum Gasteiger partial charge on any atom is -0.311 e. The Bertz CT molecular complexity index is 438. The number of rotatable bonds is 6. The second-order valence-corrected chi connectivity index (χ2v) is 6.53. The first-order valence-corrected chi connectivity index (χ1v) is 7.15. The van der Waals surface area contributed by atoms with Crippen LogP contribution in [-0.4, -0.2) is 22.5 Å². The molecule has 0 heterocycles. The van der Waals surface area contributed by atoms with Crippen LogP contribution in [0.1, 0.15) is 19.4 Å². The third-order valence-electron chi connectivity index (χ3n) is 2.64. The lowest BCUT2D eigenvalue weighted by atomic mass is 10.1. The van der Waals surface area contributed by atoms with Gasteiger partial charge in [-0.1, -0.05) is 17.7 Å². The molecule has 0 aromatic heterocycles. The van der Waals surface area contributed by atoms with Crippen LogP contribution in [0.25, 0.3) is 0 Å². The molecule has 6 heteroatoms. The zero-order valence-corrected chi connectivity index (χ0v) is 12.3. The number of thioether (sulfide) groups is 1. The summed E-state index contributed by atoms with van der Waals surface area (Å²) in [6.07, 6.45) is 2.06. The Balaban J connectivity index is 2.64. The molecule has 0 radical (unpaired) electrons. The molecule has 1 aromatic carbocycles. The summed E-state index contributed by atoms with van der Waals surface area (Å²) in [4.78, 5) is 10.3. The monoisotopic (exact) mass is 288 g/mol. The van der Waals surface area contributed by atoms with Crippen LogP contribution in [0.3, 0.4) is 0 Å². The normalized spacial score (nSPS) is 11.6. The van der Waals surface area contributed by atoms with Gasteiger partial charge in [0.15, 0.2) is 0 Å². The van der Waals surface area contributed by atoms with E-state index in [1.807, 2.05) is 0 Å². The maximum atomic E-state index is 10.8. The largest absolute Gasteiger partial charge is 0.311 e. The van der Waals surface area contributed by atoms with Crippen molar-refractivity contribution in [3.05, 3.63) is 38.9 Å². The smallest absolute Gasteiger partial charge is 0.288 e. The lowest BCUT2D eigenvalue weighted by molar-refractivity contribution is -0.384. The van der Waals surface area contributed by atoms with Crippen LogP contribution >= 0.6 is 23.4 Å². The molecule has 0 aliphatic heterocycles. The molecule has 4 nitrogen and oxygen atoms in total. The van der Waals surface area contributed by atoms with Crippen molar-refractivity contribution in [2.24, 2.45) is 0 Å². The highest BCUT2D eigenvalue weighted by molar-refractivity contribution is 7.99. The van der Waals surface area contributed by atoms with Crippen molar-refractivity contribution in [2.45, 2.75) is 25.1 Å². The van der Waals surface area contributed by atoms with Gasteiger partial charge in [0, 0.05) is 23.9 Å². The molecule has 100 valence electrons. The van der Waals surface area contributed by atoms with Gasteiger partial charge in [0.25, 0.3) is 5.69 Å². The molecule has 0 aliphatic rings. The van der Waals surface area contributed by atoms with E-state index in [2.05, 4.69) is 25.4 Å². The topological polar surface area (TPSA) is 55.2 Å². The van der Waals surface area contributed by atoms with Crippen molar-refractivity contribution in [1.29, 1.82) is 0 Å². The second kappa shape index (κ2) is 6.41. The minimum absolute atomic E-state index is 0.0416. The van der Waals surface area contributed by atoms with Gasteiger partial charge in [0.2, 0.25) is 0 Å². The van der Waals surface area contributed by atoms with Gasteiger partial charge in [-0.3, -0.25) is 10.1 Å². The van der Waals surface area contributed by atoms with Gasteiger partial charge in [-0.25, -0.2) is 0 Å². The molecule has 0 saturated carbocycles. The minimum atomic E-state index is -0.461. The van der Waals surface area contributed by atoms with Crippen LogP contribution in [0.5, 0.6) is 0 Å². The van der Waals surface area contributed by atoms with Crippen molar-refractivity contribution < 1.29 is 4.92 Å². The number of nitro groups is 1. The fraction of sp³-hybridized carbons (Fsp3) is 0.500. The third kappa shape index (κ3) is 4.48. The predicted molar refractivity (Wildman–Crippen MR) is 77.4 cm³/mol. The van der Waals surface area contributed by atoms with E-state index in [0.29, 0.717) is 6.54 Å². The Morgan fingerprint density at radius 3 is 2.72 bits per heavy atom. The molecule has 0 aliphatic carbocycles. The summed E-state index contributed by atoms with van der Waals surface area (Å²) >= 11 is 7.54. The van der Waals surface area contributed by atoms with Crippen LogP contribution in [0, 0.1) is 10.1 Å². The molecule has 0 amide bonds. The molecule has 0 fully saturated rings. The van der Waals surface area contributed by atoms with Crippen LogP contribution in [0.15, 0.2) is 18.2 Å². The zero-order chi connectivity index (χ0) is 13.8. The van der Waals surface area contributed by atoms with Gasteiger partial charge in [0.1, 0.15) is 5.02 Å². The van der Waals surface area contributed by atoms with E-state index in [9.17, 15) is 10.1 Å². The average Bonchev–Trinajstić information content (AvgIpc) is 2.31. The lowest BCUT2D eigenvalue weighted by Crippen LogP contribution is -2.31. The Hall–Kier alpha value is -0.780. The molecular formula is C12H17ClN2O2S. The quantitative estimate of drug-likeness (QED) is 0.643. The van der Waals surface area contributed by atoms with E-state index in [1.54, 1.807) is 23.9 Å². The zero-order valence-electron chi connectivity index (χ0n) is 10.7. The second-order valence-electron chi connectivity index (χ2n) is 4.61.